The summed E-state index contributed by atoms with van der Waals surface area (Å²) in [6, 6.07) is 18.4. The van der Waals surface area contributed by atoms with Crippen molar-refractivity contribution in [3.63, 3.8) is 0 Å². The number of piperazine rings is 1. The molecule has 3 aliphatic rings. The maximum absolute atomic E-state index is 14.6. The Morgan fingerprint density at radius 3 is 2.41 bits per heavy atom. The lowest BCUT2D eigenvalue weighted by atomic mass is 9.98. The van der Waals surface area contributed by atoms with Crippen LogP contribution >= 0.6 is 11.6 Å². The van der Waals surface area contributed by atoms with Crippen LogP contribution in [0.2, 0.25) is 5.02 Å². The SMILES string of the molecule is Cc1nn(C)c(C)c1-c1c(Cl)ccc2c(CCCOc3cccc4cc(F)ccc34)c(C(=O)OCCN(C)C)n(CCN3CCN(C(=O)COc4cccc5c4CN(C4CCC(=O)NC4=O)C5=O)CC3)c12. The number of rotatable bonds is 17. The number of carbonyl (C=O) groups is 5. The van der Waals surface area contributed by atoms with Gasteiger partial charge in [-0.15, -0.1) is 0 Å². The molecule has 0 saturated carbocycles. The Morgan fingerprint density at radius 2 is 1.66 bits per heavy atom. The fourth-order valence-corrected chi connectivity index (χ4v) is 10.4. The van der Waals surface area contributed by atoms with Crippen LogP contribution in [-0.4, -0.2) is 143 Å². The summed E-state index contributed by atoms with van der Waals surface area (Å²) >= 11 is 7.20. The molecule has 16 nitrogen and oxygen atoms in total. The number of imide groups is 1. The number of likely N-dealkylation sites (N-methyl/N-ethyl adjacent to an activating group) is 1. The van der Waals surface area contributed by atoms with Crippen LogP contribution in [0.3, 0.4) is 0 Å². The quantitative estimate of drug-likeness (QED) is 0.0619. The molecule has 1 unspecified atom stereocenters. The van der Waals surface area contributed by atoms with Gasteiger partial charge in [0.15, 0.2) is 6.61 Å². The van der Waals surface area contributed by atoms with E-state index in [1.54, 1.807) is 29.2 Å². The van der Waals surface area contributed by atoms with Crippen molar-refractivity contribution in [2.45, 2.75) is 58.7 Å². The molecule has 18 heteroatoms. The van der Waals surface area contributed by atoms with Crippen LogP contribution < -0.4 is 14.8 Å². The van der Waals surface area contributed by atoms with Gasteiger partial charge in [-0.05, 0) is 101 Å². The number of hydrogen-bond acceptors (Lipinski definition) is 11. The molecular formula is C53H58ClFN8O8. The van der Waals surface area contributed by atoms with Crippen LogP contribution in [0.1, 0.15) is 62.6 Å². The second-order valence-corrected chi connectivity index (χ2v) is 19.1. The lowest BCUT2D eigenvalue weighted by Crippen LogP contribution is -2.52. The molecule has 0 bridgehead atoms. The summed E-state index contributed by atoms with van der Waals surface area (Å²) in [5, 5.41) is 10.0. The molecule has 3 aliphatic heterocycles. The highest BCUT2D eigenvalue weighted by Crippen LogP contribution is 2.42. The van der Waals surface area contributed by atoms with Crippen LogP contribution in [0, 0.1) is 19.7 Å². The van der Waals surface area contributed by atoms with Gasteiger partial charge in [-0.2, -0.15) is 5.10 Å². The second-order valence-electron chi connectivity index (χ2n) is 18.7. The van der Waals surface area contributed by atoms with Crippen LogP contribution in [0.15, 0.2) is 66.7 Å². The summed E-state index contributed by atoms with van der Waals surface area (Å²) < 4.78 is 36.4. The number of benzene rings is 4. The van der Waals surface area contributed by atoms with Gasteiger partial charge in [-0.1, -0.05) is 35.9 Å². The van der Waals surface area contributed by atoms with Gasteiger partial charge in [0.25, 0.3) is 11.8 Å². The minimum absolute atomic E-state index is 0.136. The van der Waals surface area contributed by atoms with Gasteiger partial charge in [0, 0.05) is 98.0 Å². The molecule has 0 spiro atoms. The van der Waals surface area contributed by atoms with Gasteiger partial charge in [0.05, 0.1) is 29.4 Å². The normalized spacial score (nSPS) is 16.3. The highest BCUT2D eigenvalue weighted by Gasteiger charge is 2.40. The van der Waals surface area contributed by atoms with E-state index >= 15 is 0 Å². The summed E-state index contributed by atoms with van der Waals surface area (Å²) in [4.78, 5) is 73.4. The molecule has 2 fully saturated rings. The molecule has 0 radical (unpaired) electrons. The summed E-state index contributed by atoms with van der Waals surface area (Å²) in [5.74, 6) is -1.07. The number of ether oxygens (including phenoxy) is 3. The lowest BCUT2D eigenvalue weighted by Gasteiger charge is -2.35. The number of piperidine rings is 1. The topological polar surface area (TPSA) is 161 Å². The van der Waals surface area contributed by atoms with Crippen molar-refractivity contribution >= 4 is 62.9 Å². The van der Waals surface area contributed by atoms with Crippen molar-refractivity contribution in [2.24, 2.45) is 7.05 Å². The second kappa shape index (κ2) is 20.9. The molecule has 4 aromatic carbocycles. The van der Waals surface area contributed by atoms with Crippen molar-refractivity contribution in [1.82, 2.24) is 39.3 Å². The summed E-state index contributed by atoms with van der Waals surface area (Å²) in [6.07, 6.45) is 1.44. The van der Waals surface area contributed by atoms with E-state index in [0.717, 1.165) is 49.8 Å². The zero-order chi connectivity index (χ0) is 50.1. The third-order valence-corrected chi connectivity index (χ3v) is 14.2. The number of carbonyl (C=O) groups excluding carboxylic acids is 5. The molecule has 6 aromatic rings. The highest BCUT2D eigenvalue weighted by atomic mass is 35.5. The molecule has 0 aliphatic carbocycles. The molecule has 71 heavy (non-hydrogen) atoms. The summed E-state index contributed by atoms with van der Waals surface area (Å²) in [6.45, 7) is 7.94. The Balaban J connectivity index is 0.934. The molecule has 5 heterocycles. The fourth-order valence-electron chi connectivity index (χ4n) is 10.1. The number of halogens is 2. The van der Waals surface area contributed by atoms with Gasteiger partial charge in [0.1, 0.15) is 35.7 Å². The fraction of sp³-hybridized carbons (Fsp3) is 0.396. The lowest BCUT2D eigenvalue weighted by molar-refractivity contribution is -0.137. The number of esters is 1. The van der Waals surface area contributed by atoms with E-state index in [-0.39, 0.29) is 56.1 Å². The minimum Gasteiger partial charge on any atom is -0.493 e. The number of aromatic nitrogens is 3. The summed E-state index contributed by atoms with van der Waals surface area (Å²) in [7, 11) is 5.75. The smallest absolute Gasteiger partial charge is 0.355 e. The Labute approximate surface area is 416 Å². The van der Waals surface area contributed by atoms with Crippen molar-refractivity contribution in [2.75, 3.05) is 73.2 Å². The first kappa shape index (κ1) is 49.2. The Morgan fingerprint density at radius 1 is 0.901 bits per heavy atom. The monoisotopic (exact) mass is 988 g/mol. The molecule has 9 rings (SSSR count). The molecule has 1 N–H and O–H groups in total. The number of amides is 4. The predicted molar refractivity (Wildman–Crippen MR) is 266 cm³/mol. The standard InChI is InChI=1S/C53H58ClFN8O8/c1-32-47(33(2)59(5)57-32)48-41(54)17-16-38-37(11-8-27-69-43-12-6-9-34-29-35(55)14-15-36(34)43)50(53(68)70-28-26-58(3)4)62(49(38)48)25-22-60-20-23-61(24-21-60)46(65)31-71-44-13-7-10-39-40(44)30-63(52(39)67)42-18-19-45(64)56-51(42)66/h6-7,9-10,12-17,29,42H,8,11,18-28,30-31H2,1-5H3,(H,56,64,66). The molecule has 4 amide bonds. The third kappa shape index (κ3) is 10.1. The molecule has 372 valence electrons. The van der Waals surface area contributed by atoms with E-state index < -0.39 is 17.9 Å². The Hall–Kier alpha value is -6.82. The van der Waals surface area contributed by atoms with E-state index in [2.05, 4.69) is 14.8 Å². The number of nitrogens with one attached hydrogen (secondary N) is 1. The zero-order valence-corrected chi connectivity index (χ0v) is 41.4. The molecule has 2 aromatic heterocycles. The first-order valence-corrected chi connectivity index (χ1v) is 24.4. The number of hydrogen-bond donors (Lipinski definition) is 1. The minimum atomic E-state index is -0.762. The maximum Gasteiger partial charge on any atom is 0.355 e. The number of nitrogens with zero attached hydrogens (tertiary/aromatic N) is 7. The number of fused-ring (bicyclic) bond motifs is 3. The first-order chi connectivity index (χ1) is 34.2. The largest absolute Gasteiger partial charge is 0.493 e. The molecule has 2 saturated heterocycles. The first-order valence-electron chi connectivity index (χ1n) is 24.0. The number of aryl methyl sites for hydroxylation is 3. The Bertz CT molecular complexity index is 3070. The van der Waals surface area contributed by atoms with Crippen molar-refractivity contribution in [1.29, 1.82) is 0 Å². The molecular weight excluding hydrogens is 931 g/mol. The maximum atomic E-state index is 14.6. The Kier molecular flexibility index (Phi) is 14.5. The highest BCUT2D eigenvalue weighted by molar-refractivity contribution is 6.35. The van der Waals surface area contributed by atoms with Gasteiger partial charge in [0.2, 0.25) is 11.8 Å². The average Bonchev–Trinajstić information content (AvgIpc) is 3.94. The zero-order valence-electron chi connectivity index (χ0n) is 40.7. The van der Waals surface area contributed by atoms with Gasteiger partial charge < -0.3 is 33.5 Å². The van der Waals surface area contributed by atoms with E-state index in [1.165, 1.54) is 17.0 Å². The average molecular weight is 990 g/mol. The van der Waals surface area contributed by atoms with Gasteiger partial charge in [-0.3, -0.25) is 34.1 Å². The van der Waals surface area contributed by atoms with Crippen LogP contribution in [-0.2, 0) is 45.7 Å². The molecule has 1 atom stereocenters. The van der Waals surface area contributed by atoms with Crippen molar-refractivity contribution in [3.05, 3.63) is 111 Å². The van der Waals surface area contributed by atoms with Crippen molar-refractivity contribution < 1.29 is 42.6 Å². The van der Waals surface area contributed by atoms with Crippen LogP contribution in [0.25, 0.3) is 32.8 Å². The van der Waals surface area contributed by atoms with Crippen LogP contribution in [0.5, 0.6) is 11.5 Å². The van der Waals surface area contributed by atoms with E-state index in [0.29, 0.717) is 98.6 Å². The predicted octanol–water partition coefficient (Wildman–Crippen LogP) is 6.32. The van der Waals surface area contributed by atoms with E-state index in [1.807, 2.05) is 74.9 Å². The van der Waals surface area contributed by atoms with Crippen LogP contribution in [0.4, 0.5) is 4.39 Å². The van der Waals surface area contributed by atoms with E-state index in [9.17, 15) is 28.4 Å². The summed E-state index contributed by atoms with van der Waals surface area (Å²) in [5.41, 5.74) is 6.50. The van der Waals surface area contributed by atoms with Gasteiger partial charge >= 0.3 is 5.97 Å². The third-order valence-electron chi connectivity index (χ3n) is 13.9. The van der Waals surface area contributed by atoms with Gasteiger partial charge in [-0.25, -0.2) is 9.18 Å². The van der Waals surface area contributed by atoms with E-state index in [4.69, 9.17) is 30.9 Å². The van der Waals surface area contributed by atoms with Crippen molar-refractivity contribution in [3.8, 4) is 22.6 Å².